The molecule has 0 aromatic heterocycles. The van der Waals surface area contributed by atoms with Crippen molar-refractivity contribution in [1.29, 1.82) is 0 Å². The third-order valence-electron chi connectivity index (χ3n) is 5.91. The number of carbonyl (C=O) groups excluding carboxylic acids is 1. The Balaban J connectivity index is 0.000000331. The Labute approximate surface area is 220 Å². The van der Waals surface area contributed by atoms with Crippen molar-refractivity contribution in [3.05, 3.63) is 68.6 Å². The van der Waals surface area contributed by atoms with Gasteiger partial charge in [0.2, 0.25) is 0 Å². The molecular formula is C30H44Br2O. The molecule has 0 aliphatic carbocycles. The van der Waals surface area contributed by atoms with Crippen LogP contribution >= 0.6 is 31.9 Å². The second-order valence-electron chi connectivity index (χ2n) is 8.95. The van der Waals surface area contributed by atoms with Crippen LogP contribution in [-0.2, 0) is 6.42 Å². The predicted molar refractivity (Wildman–Crippen MR) is 152 cm³/mol. The normalized spacial score (nSPS) is 10.5. The lowest BCUT2D eigenvalue weighted by atomic mass is 10.0. The van der Waals surface area contributed by atoms with Crippen molar-refractivity contribution in [3.63, 3.8) is 0 Å². The molecule has 0 heterocycles. The highest BCUT2D eigenvalue weighted by Crippen LogP contribution is 2.15. The van der Waals surface area contributed by atoms with Gasteiger partial charge in [-0.3, -0.25) is 4.79 Å². The van der Waals surface area contributed by atoms with Gasteiger partial charge in [0.1, 0.15) is 0 Å². The third-order valence-corrected chi connectivity index (χ3v) is 6.96. The Kier molecular flexibility index (Phi) is 18.6. The summed E-state index contributed by atoms with van der Waals surface area (Å²) in [6.07, 6.45) is 19.1. The number of hydrogen-bond acceptors (Lipinski definition) is 1. The van der Waals surface area contributed by atoms with E-state index in [1.54, 1.807) is 0 Å². The topological polar surface area (TPSA) is 17.1 Å². The fourth-order valence-corrected chi connectivity index (χ4v) is 4.31. The summed E-state index contributed by atoms with van der Waals surface area (Å²) >= 11 is 6.83. The van der Waals surface area contributed by atoms with Gasteiger partial charge in [0.15, 0.2) is 5.78 Å². The molecule has 0 amide bonds. The van der Waals surface area contributed by atoms with E-state index in [4.69, 9.17) is 0 Å². The van der Waals surface area contributed by atoms with Crippen molar-refractivity contribution in [2.24, 2.45) is 0 Å². The molecule has 0 aliphatic heterocycles. The number of benzene rings is 2. The zero-order chi connectivity index (χ0) is 24.2. The van der Waals surface area contributed by atoms with Gasteiger partial charge in [-0.15, -0.1) is 0 Å². The first-order valence-corrected chi connectivity index (χ1v) is 14.7. The highest BCUT2D eigenvalue weighted by Gasteiger charge is 2.04. The molecule has 33 heavy (non-hydrogen) atoms. The molecule has 0 spiro atoms. The minimum atomic E-state index is 0.271. The van der Waals surface area contributed by atoms with Crippen LogP contribution in [0.25, 0.3) is 0 Å². The molecule has 0 saturated carbocycles. The van der Waals surface area contributed by atoms with Crippen molar-refractivity contribution in [3.8, 4) is 0 Å². The summed E-state index contributed by atoms with van der Waals surface area (Å²) in [5.41, 5.74) is 2.30. The number of aryl methyl sites for hydroxylation is 1. The largest absolute Gasteiger partial charge is 0.294 e. The van der Waals surface area contributed by atoms with E-state index in [9.17, 15) is 4.79 Å². The number of ketones is 1. The summed E-state index contributed by atoms with van der Waals surface area (Å²) < 4.78 is 2.20. The molecule has 2 aromatic rings. The second-order valence-corrected chi connectivity index (χ2v) is 10.8. The van der Waals surface area contributed by atoms with Gasteiger partial charge in [-0.25, -0.2) is 0 Å². The third kappa shape index (κ3) is 16.4. The van der Waals surface area contributed by atoms with E-state index in [1.165, 1.54) is 93.5 Å². The van der Waals surface area contributed by atoms with E-state index >= 15 is 0 Å². The lowest BCUT2D eigenvalue weighted by Gasteiger charge is -2.02. The Morgan fingerprint density at radius 1 is 0.576 bits per heavy atom. The summed E-state index contributed by atoms with van der Waals surface area (Å²) in [7, 11) is 0. The van der Waals surface area contributed by atoms with Crippen LogP contribution in [0.2, 0.25) is 0 Å². The van der Waals surface area contributed by atoms with Crippen molar-refractivity contribution in [2.45, 2.75) is 110 Å². The van der Waals surface area contributed by atoms with Crippen LogP contribution in [0.4, 0.5) is 0 Å². The number of carbonyl (C=O) groups is 1. The van der Waals surface area contributed by atoms with E-state index in [0.29, 0.717) is 6.42 Å². The molecule has 2 rings (SSSR count). The fraction of sp³-hybridized carbons (Fsp3) is 0.567. The molecule has 3 heteroatoms. The first-order chi connectivity index (χ1) is 16.1. The molecule has 2 aromatic carbocycles. The Bertz CT molecular complexity index is 722. The van der Waals surface area contributed by atoms with Crippen molar-refractivity contribution >= 4 is 37.6 Å². The maximum atomic E-state index is 11.8. The maximum Gasteiger partial charge on any atom is 0.162 e. The molecule has 0 saturated heterocycles. The molecule has 0 fully saturated rings. The average molecular weight is 580 g/mol. The first kappa shape index (κ1) is 30.1. The van der Waals surface area contributed by atoms with Crippen LogP contribution in [0.1, 0.15) is 120 Å². The molecule has 184 valence electrons. The summed E-state index contributed by atoms with van der Waals surface area (Å²) in [6, 6.07) is 16.4. The van der Waals surface area contributed by atoms with Gasteiger partial charge in [0.25, 0.3) is 0 Å². The molecule has 0 radical (unpaired) electrons. The minimum Gasteiger partial charge on any atom is -0.294 e. The van der Waals surface area contributed by atoms with Gasteiger partial charge in [0.05, 0.1) is 0 Å². The van der Waals surface area contributed by atoms with Gasteiger partial charge in [-0.2, -0.15) is 0 Å². The lowest BCUT2D eigenvalue weighted by Crippen LogP contribution is -1.98. The number of rotatable bonds is 16. The van der Waals surface area contributed by atoms with E-state index in [1.807, 2.05) is 24.3 Å². The highest BCUT2D eigenvalue weighted by atomic mass is 79.9. The Morgan fingerprint density at radius 2 is 1.00 bits per heavy atom. The van der Waals surface area contributed by atoms with Crippen LogP contribution < -0.4 is 0 Å². The predicted octanol–water partition coefficient (Wildman–Crippen LogP) is 11.1. The number of Topliss-reactive ketones (excluding diaryl/α,β-unsaturated/α-hetero) is 1. The first-order valence-electron chi connectivity index (χ1n) is 13.1. The van der Waals surface area contributed by atoms with Gasteiger partial charge in [-0.1, -0.05) is 141 Å². The maximum absolute atomic E-state index is 11.8. The lowest BCUT2D eigenvalue weighted by molar-refractivity contribution is 0.0979. The fourth-order valence-electron chi connectivity index (χ4n) is 3.78. The summed E-state index contributed by atoms with van der Waals surface area (Å²) in [4.78, 5) is 11.8. The summed E-state index contributed by atoms with van der Waals surface area (Å²) in [6.45, 7) is 4.49. The smallest absolute Gasteiger partial charge is 0.162 e. The average Bonchev–Trinajstić information content (AvgIpc) is 2.82. The number of halogens is 2. The van der Waals surface area contributed by atoms with E-state index < -0.39 is 0 Å². The Morgan fingerprint density at radius 3 is 1.52 bits per heavy atom. The molecule has 1 nitrogen and oxygen atoms in total. The summed E-state index contributed by atoms with van der Waals surface area (Å²) in [5, 5.41) is 0. The summed E-state index contributed by atoms with van der Waals surface area (Å²) in [5.74, 6) is 0.271. The van der Waals surface area contributed by atoms with Crippen molar-refractivity contribution in [1.82, 2.24) is 0 Å². The van der Waals surface area contributed by atoms with Crippen molar-refractivity contribution in [2.75, 3.05) is 0 Å². The van der Waals surface area contributed by atoms with Crippen LogP contribution in [-0.4, -0.2) is 5.78 Å². The van der Waals surface area contributed by atoms with Crippen LogP contribution in [0.15, 0.2) is 57.5 Å². The van der Waals surface area contributed by atoms with E-state index in [-0.39, 0.29) is 5.78 Å². The van der Waals surface area contributed by atoms with Crippen LogP contribution in [0, 0.1) is 0 Å². The monoisotopic (exact) mass is 578 g/mol. The number of unbranched alkanes of at least 4 members (excludes halogenated alkanes) is 11. The molecule has 0 aliphatic rings. The molecule has 0 N–H and O–H groups in total. The Hall–Kier alpha value is -0.930. The quantitative estimate of drug-likeness (QED) is 0.143. The zero-order valence-corrected chi connectivity index (χ0v) is 24.1. The van der Waals surface area contributed by atoms with Gasteiger partial charge >= 0.3 is 0 Å². The molecule has 0 atom stereocenters. The second kappa shape index (κ2) is 20.4. The molecular weight excluding hydrogens is 536 g/mol. The van der Waals surface area contributed by atoms with Gasteiger partial charge in [-0.05, 0) is 49.1 Å². The van der Waals surface area contributed by atoms with E-state index in [0.717, 1.165) is 16.5 Å². The number of hydrogen-bond donors (Lipinski definition) is 0. The van der Waals surface area contributed by atoms with Crippen molar-refractivity contribution < 1.29 is 4.79 Å². The van der Waals surface area contributed by atoms with Crippen LogP contribution in [0.3, 0.4) is 0 Å². The standard InChI is InChI=1S/C15H21BrO.C15H23Br/c1-2-3-4-5-6-7-8-15(17)13-9-11-14(16)12-10-13;1-2-3-4-5-6-7-8-9-14-10-12-15(16)13-11-14/h9-12H,2-8H2,1H3;10-13H,2-9H2,1H3. The molecule has 0 unspecified atom stereocenters. The minimum absolute atomic E-state index is 0.271. The van der Waals surface area contributed by atoms with Gasteiger partial charge < -0.3 is 0 Å². The molecule has 0 bridgehead atoms. The highest BCUT2D eigenvalue weighted by molar-refractivity contribution is 9.10. The van der Waals surface area contributed by atoms with Crippen LogP contribution in [0.5, 0.6) is 0 Å². The van der Waals surface area contributed by atoms with Gasteiger partial charge in [0, 0.05) is 20.9 Å². The zero-order valence-electron chi connectivity index (χ0n) is 20.9. The van der Waals surface area contributed by atoms with E-state index in [2.05, 4.69) is 70.0 Å². The SMILES string of the molecule is CCCCCCCCC(=O)c1ccc(Br)cc1.CCCCCCCCCc1ccc(Br)cc1.